The summed E-state index contributed by atoms with van der Waals surface area (Å²) in [4.78, 5) is 15.9. The maximum atomic E-state index is 12.8. The Hall–Kier alpha value is -2.26. The Morgan fingerprint density at radius 2 is 1.80 bits per heavy atom. The molecule has 4 rings (SSSR count). The maximum absolute atomic E-state index is 12.8. The molecule has 0 aliphatic carbocycles. The van der Waals surface area contributed by atoms with E-state index < -0.39 is 0 Å². The number of anilines is 1. The van der Waals surface area contributed by atoms with E-state index in [1.54, 1.807) is 11.8 Å². The van der Waals surface area contributed by atoms with E-state index in [0.717, 1.165) is 5.69 Å². The van der Waals surface area contributed by atoms with Crippen molar-refractivity contribution < 1.29 is 4.79 Å². The number of rotatable bonds is 3. The third-order valence-corrected chi connectivity index (χ3v) is 5.84. The molecule has 25 heavy (non-hydrogen) atoms. The van der Waals surface area contributed by atoms with E-state index >= 15 is 0 Å². The largest absolute Gasteiger partial charge is 0.312 e. The summed E-state index contributed by atoms with van der Waals surface area (Å²) in [5.41, 5.74) is 3.58. The van der Waals surface area contributed by atoms with Crippen LogP contribution in [0.2, 0.25) is 0 Å². The van der Waals surface area contributed by atoms with Gasteiger partial charge in [-0.1, -0.05) is 42.5 Å². The lowest BCUT2D eigenvalue weighted by atomic mass is 9.81. The Morgan fingerprint density at radius 3 is 2.52 bits per heavy atom. The lowest BCUT2D eigenvalue weighted by Gasteiger charge is -2.34. The Kier molecular flexibility index (Phi) is 4.26. The van der Waals surface area contributed by atoms with Crippen molar-refractivity contribution in [3.63, 3.8) is 0 Å². The zero-order valence-corrected chi connectivity index (χ0v) is 15.3. The monoisotopic (exact) mass is 347 g/mol. The molecule has 0 spiro atoms. The second kappa shape index (κ2) is 6.57. The highest BCUT2D eigenvalue weighted by atomic mass is 32.2. The summed E-state index contributed by atoms with van der Waals surface area (Å²) < 4.78 is 0. The van der Waals surface area contributed by atoms with Crippen molar-refractivity contribution in [3.8, 4) is 0 Å². The molecule has 3 heteroatoms. The number of carbonyl (C=O) groups excluding carboxylic acids is 1. The summed E-state index contributed by atoms with van der Waals surface area (Å²) in [5.74, 6) is 0.330. The number of thioether (sulfide) groups is 1. The molecule has 1 aliphatic heterocycles. The van der Waals surface area contributed by atoms with E-state index in [-0.39, 0.29) is 11.8 Å². The van der Waals surface area contributed by atoms with Gasteiger partial charge in [-0.05, 0) is 53.3 Å². The second-order valence-corrected chi connectivity index (χ2v) is 7.27. The fourth-order valence-electron chi connectivity index (χ4n) is 3.87. The van der Waals surface area contributed by atoms with Gasteiger partial charge in [0.2, 0.25) is 5.91 Å². The minimum Gasteiger partial charge on any atom is -0.312 e. The second-order valence-electron chi connectivity index (χ2n) is 6.39. The SMILES string of the molecule is CCN1C(=O)CC(c2ccc(SC)cc2)c2c1ccc1ccccc21. The van der Waals surface area contributed by atoms with Crippen molar-refractivity contribution in [3.05, 3.63) is 71.8 Å². The van der Waals surface area contributed by atoms with Gasteiger partial charge in [0.15, 0.2) is 0 Å². The fraction of sp³-hybridized carbons (Fsp3) is 0.227. The topological polar surface area (TPSA) is 20.3 Å². The molecule has 2 nitrogen and oxygen atoms in total. The summed E-state index contributed by atoms with van der Waals surface area (Å²) in [7, 11) is 0. The van der Waals surface area contributed by atoms with E-state index in [4.69, 9.17) is 0 Å². The molecule has 3 aromatic carbocycles. The number of nitrogens with zero attached hydrogens (tertiary/aromatic N) is 1. The Morgan fingerprint density at radius 1 is 1.04 bits per heavy atom. The molecule has 126 valence electrons. The maximum Gasteiger partial charge on any atom is 0.227 e. The highest BCUT2D eigenvalue weighted by Gasteiger charge is 2.32. The van der Waals surface area contributed by atoms with Gasteiger partial charge in [-0.15, -0.1) is 11.8 Å². The van der Waals surface area contributed by atoms with E-state index in [9.17, 15) is 4.79 Å². The lowest BCUT2D eigenvalue weighted by molar-refractivity contribution is -0.119. The normalized spacial score (nSPS) is 17.0. The van der Waals surface area contributed by atoms with Crippen molar-refractivity contribution in [1.82, 2.24) is 0 Å². The van der Waals surface area contributed by atoms with Gasteiger partial charge in [-0.2, -0.15) is 0 Å². The minimum atomic E-state index is 0.118. The quantitative estimate of drug-likeness (QED) is 0.587. The Balaban J connectivity index is 1.94. The van der Waals surface area contributed by atoms with Crippen LogP contribution in [0.1, 0.15) is 30.4 Å². The molecule has 0 N–H and O–H groups in total. The highest BCUT2D eigenvalue weighted by Crippen LogP contribution is 2.44. The number of fused-ring (bicyclic) bond motifs is 3. The van der Waals surface area contributed by atoms with E-state index in [1.807, 2.05) is 11.8 Å². The summed E-state index contributed by atoms with van der Waals surface area (Å²) in [6, 6.07) is 21.4. The number of carbonyl (C=O) groups is 1. The predicted molar refractivity (Wildman–Crippen MR) is 107 cm³/mol. The van der Waals surface area contributed by atoms with Crippen molar-refractivity contribution in [2.24, 2.45) is 0 Å². The first-order valence-electron chi connectivity index (χ1n) is 8.69. The van der Waals surface area contributed by atoms with Crippen LogP contribution in [0, 0.1) is 0 Å². The van der Waals surface area contributed by atoms with Gasteiger partial charge in [0, 0.05) is 29.5 Å². The zero-order valence-electron chi connectivity index (χ0n) is 14.5. The summed E-state index contributed by atoms with van der Waals surface area (Å²) in [6.07, 6.45) is 2.62. The molecule has 1 atom stereocenters. The van der Waals surface area contributed by atoms with Gasteiger partial charge >= 0.3 is 0 Å². The molecule has 0 saturated carbocycles. The number of hydrogen-bond acceptors (Lipinski definition) is 2. The molecule has 3 aromatic rings. The Labute approximate surface area is 152 Å². The predicted octanol–water partition coefficient (Wildman–Crippen LogP) is 5.45. The third kappa shape index (κ3) is 2.73. The average molecular weight is 347 g/mol. The van der Waals surface area contributed by atoms with Crippen LogP contribution in [0.5, 0.6) is 0 Å². The van der Waals surface area contributed by atoms with Crippen LogP contribution in [0.25, 0.3) is 10.8 Å². The van der Waals surface area contributed by atoms with Gasteiger partial charge in [-0.25, -0.2) is 0 Å². The van der Waals surface area contributed by atoms with Crippen LogP contribution >= 0.6 is 11.8 Å². The Bertz CT molecular complexity index is 932. The highest BCUT2D eigenvalue weighted by molar-refractivity contribution is 7.98. The van der Waals surface area contributed by atoms with Gasteiger partial charge in [0.25, 0.3) is 0 Å². The molecule has 0 fully saturated rings. The first-order chi connectivity index (χ1) is 12.2. The van der Waals surface area contributed by atoms with Gasteiger partial charge < -0.3 is 4.90 Å². The molecule has 1 heterocycles. The molecule has 0 saturated heterocycles. The molecule has 0 aromatic heterocycles. The van der Waals surface area contributed by atoms with Crippen LogP contribution < -0.4 is 4.90 Å². The number of benzene rings is 3. The van der Waals surface area contributed by atoms with Crippen molar-refractivity contribution in [2.45, 2.75) is 24.2 Å². The van der Waals surface area contributed by atoms with Gasteiger partial charge in [0.05, 0.1) is 0 Å². The van der Waals surface area contributed by atoms with Crippen molar-refractivity contribution >= 4 is 34.1 Å². The zero-order chi connectivity index (χ0) is 17.4. The van der Waals surface area contributed by atoms with Crippen molar-refractivity contribution in [1.29, 1.82) is 0 Å². The molecule has 0 bridgehead atoms. The van der Waals surface area contributed by atoms with Crippen LogP contribution in [0.3, 0.4) is 0 Å². The van der Waals surface area contributed by atoms with E-state index in [0.29, 0.717) is 13.0 Å². The summed E-state index contributed by atoms with van der Waals surface area (Å²) >= 11 is 1.74. The summed E-state index contributed by atoms with van der Waals surface area (Å²) in [6.45, 7) is 2.76. The molecule has 1 amide bonds. The molecular weight excluding hydrogens is 326 g/mol. The van der Waals surface area contributed by atoms with Crippen LogP contribution in [-0.2, 0) is 4.79 Å². The van der Waals surface area contributed by atoms with Crippen LogP contribution in [0.15, 0.2) is 65.6 Å². The summed E-state index contributed by atoms with van der Waals surface area (Å²) in [5, 5.41) is 2.49. The lowest BCUT2D eigenvalue weighted by Crippen LogP contribution is -2.36. The van der Waals surface area contributed by atoms with Crippen LogP contribution in [-0.4, -0.2) is 18.7 Å². The molecule has 1 unspecified atom stereocenters. The molecule has 0 radical (unpaired) electrons. The first-order valence-corrected chi connectivity index (χ1v) is 9.91. The van der Waals surface area contributed by atoms with Crippen molar-refractivity contribution in [2.75, 3.05) is 17.7 Å². The first kappa shape index (κ1) is 16.2. The number of amides is 1. The molecular formula is C22H21NOS. The van der Waals surface area contributed by atoms with E-state index in [2.05, 4.69) is 66.9 Å². The third-order valence-electron chi connectivity index (χ3n) is 5.10. The van der Waals surface area contributed by atoms with E-state index in [1.165, 1.54) is 26.8 Å². The standard InChI is InChI=1S/C22H21NOS/c1-3-23-20-13-10-15-6-4-5-7-18(15)22(20)19(14-21(23)24)16-8-11-17(25-2)12-9-16/h4-13,19H,3,14H2,1-2H3. The van der Waals surface area contributed by atoms with Crippen LogP contribution in [0.4, 0.5) is 5.69 Å². The fourth-order valence-corrected chi connectivity index (χ4v) is 4.28. The minimum absolute atomic E-state index is 0.118. The smallest absolute Gasteiger partial charge is 0.227 e. The van der Waals surface area contributed by atoms with Gasteiger partial charge in [0.1, 0.15) is 0 Å². The average Bonchev–Trinajstić information content (AvgIpc) is 2.67. The van der Waals surface area contributed by atoms with Gasteiger partial charge in [-0.3, -0.25) is 4.79 Å². The molecule has 1 aliphatic rings. The number of hydrogen-bond donors (Lipinski definition) is 0.